The molecule has 0 saturated heterocycles. The van der Waals surface area contributed by atoms with Crippen molar-refractivity contribution in [2.24, 2.45) is 0 Å². The molecule has 7 aromatic carbocycles. The fraction of sp³-hybridized carbons (Fsp3) is 0. The first kappa shape index (κ1) is 25.4. The van der Waals surface area contributed by atoms with E-state index in [4.69, 9.17) is 14.4 Å². The minimum Gasteiger partial charge on any atom is -0.452 e. The molecule has 11 aromatic rings. The molecule has 1 aliphatic rings. The highest BCUT2D eigenvalue weighted by molar-refractivity contribution is 6.38. The zero-order valence-corrected chi connectivity index (χ0v) is 26.1. The number of benzene rings is 7. The molecule has 0 N–H and O–H groups in total. The Morgan fingerprint density at radius 2 is 1.08 bits per heavy atom. The van der Waals surface area contributed by atoms with Crippen LogP contribution in [0.3, 0.4) is 0 Å². The summed E-state index contributed by atoms with van der Waals surface area (Å²) >= 11 is 0. The standard InChI is InChI=1S/C44H24N4O/c1-3-11-26(12-4-1)41-43-42(30-16-7-8-20-35(30)49-43)46-44(45-41)48-31-19-10-18-29-28-17-9-13-25-21-22-32-38(36(25)28)40-33(23-24-34(48)39(40)37(29)31)47(32)27-14-5-2-6-15-27/h1-24H. The van der Waals surface area contributed by atoms with E-state index in [0.717, 1.165) is 44.5 Å². The molecular weight excluding hydrogens is 601 g/mol. The van der Waals surface area contributed by atoms with Crippen LogP contribution in [-0.4, -0.2) is 19.1 Å². The summed E-state index contributed by atoms with van der Waals surface area (Å²) in [5, 5.41) is 8.53. The second-order valence-electron chi connectivity index (χ2n) is 12.9. The molecule has 0 atom stereocenters. The fourth-order valence-electron chi connectivity index (χ4n) is 8.51. The van der Waals surface area contributed by atoms with E-state index in [1.807, 2.05) is 36.4 Å². The maximum atomic E-state index is 6.46. The third kappa shape index (κ3) is 3.15. The summed E-state index contributed by atoms with van der Waals surface area (Å²) < 4.78 is 11.1. The lowest BCUT2D eigenvalue weighted by Crippen LogP contribution is -2.03. The van der Waals surface area contributed by atoms with Gasteiger partial charge in [-0.3, -0.25) is 4.57 Å². The third-order valence-corrected chi connectivity index (χ3v) is 10.5. The van der Waals surface area contributed by atoms with Crippen LogP contribution in [0, 0.1) is 0 Å². The van der Waals surface area contributed by atoms with Crippen molar-refractivity contribution in [3.05, 3.63) is 146 Å². The van der Waals surface area contributed by atoms with Gasteiger partial charge in [-0.25, -0.2) is 9.97 Å². The molecule has 0 unspecified atom stereocenters. The topological polar surface area (TPSA) is 48.8 Å². The summed E-state index contributed by atoms with van der Waals surface area (Å²) in [6, 6.07) is 51.6. The van der Waals surface area contributed by atoms with Crippen LogP contribution in [0.2, 0.25) is 0 Å². The molecule has 0 saturated carbocycles. The molecule has 49 heavy (non-hydrogen) atoms. The smallest absolute Gasteiger partial charge is 0.236 e. The van der Waals surface area contributed by atoms with Crippen molar-refractivity contribution >= 4 is 76.5 Å². The Balaban J connectivity index is 1.31. The van der Waals surface area contributed by atoms with Gasteiger partial charge in [0.1, 0.15) is 16.8 Å². The van der Waals surface area contributed by atoms with Gasteiger partial charge in [0.25, 0.3) is 0 Å². The summed E-state index contributed by atoms with van der Waals surface area (Å²) in [6.07, 6.45) is 0. The summed E-state index contributed by atoms with van der Waals surface area (Å²) in [4.78, 5) is 10.7. The zero-order chi connectivity index (χ0) is 31.8. The average molecular weight is 625 g/mol. The molecule has 4 aromatic heterocycles. The number of para-hydroxylation sites is 2. The quantitative estimate of drug-likeness (QED) is 0.196. The Kier molecular flexibility index (Phi) is 4.66. The molecule has 0 bridgehead atoms. The predicted molar refractivity (Wildman–Crippen MR) is 200 cm³/mol. The lowest BCUT2D eigenvalue weighted by atomic mass is 9.95. The first-order valence-corrected chi connectivity index (χ1v) is 16.6. The highest BCUT2D eigenvalue weighted by atomic mass is 16.3. The van der Waals surface area contributed by atoms with Crippen LogP contribution < -0.4 is 0 Å². The summed E-state index contributed by atoms with van der Waals surface area (Å²) in [7, 11) is 0. The van der Waals surface area contributed by atoms with Crippen molar-refractivity contribution in [3.63, 3.8) is 0 Å². The Morgan fingerprint density at radius 3 is 1.92 bits per heavy atom. The van der Waals surface area contributed by atoms with Gasteiger partial charge in [-0.1, -0.05) is 97.1 Å². The van der Waals surface area contributed by atoms with Crippen LogP contribution in [0.4, 0.5) is 0 Å². The molecule has 0 fully saturated rings. The van der Waals surface area contributed by atoms with E-state index in [1.54, 1.807) is 0 Å². The van der Waals surface area contributed by atoms with E-state index in [2.05, 4.69) is 118 Å². The number of hydrogen-bond donors (Lipinski definition) is 0. The van der Waals surface area contributed by atoms with Crippen molar-refractivity contribution in [1.82, 2.24) is 19.1 Å². The van der Waals surface area contributed by atoms with Gasteiger partial charge in [0.15, 0.2) is 5.58 Å². The molecule has 4 heterocycles. The average Bonchev–Trinajstić information content (AvgIpc) is 3.79. The van der Waals surface area contributed by atoms with Gasteiger partial charge in [-0.2, -0.15) is 0 Å². The van der Waals surface area contributed by atoms with E-state index >= 15 is 0 Å². The van der Waals surface area contributed by atoms with Crippen molar-refractivity contribution in [2.45, 2.75) is 0 Å². The van der Waals surface area contributed by atoms with Gasteiger partial charge >= 0.3 is 0 Å². The van der Waals surface area contributed by atoms with Crippen LogP contribution in [0.1, 0.15) is 0 Å². The number of rotatable bonds is 3. The predicted octanol–water partition coefficient (Wildman–Crippen LogP) is 11.4. The lowest BCUT2D eigenvalue weighted by Gasteiger charge is -2.12. The van der Waals surface area contributed by atoms with Crippen LogP contribution in [0.15, 0.2) is 150 Å². The number of furan rings is 1. The first-order chi connectivity index (χ1) is 24.3. The molecule has 5 nitrogen and oxygen atoms in total. The van der Waals surface area contributed by atoms with Gasteiger partial charge in [-0.05, 0) is 70.4 Å². The van der Waals surface area contributed by atoms with E-state index in [-0.39, 0.29) is 0 Å². The molecule has 0 amide bonds. The van der Waals surface area contributed by atoms with Crippen LogP contribution >= 0.6 is 0 Å². The first-order valence-electron chi connectivity index (χ1n) is 16.6. The molecule has 226 valence electrons. The zero-order valence-electron chi connectivity index (χ0n) is 26.1. The third-order valence-electron chi connectivity index (χ3n) is 10.5. The highest BCUT2D eigenvalue weighted by Gasteiger charge is 2.28. The Labute approximate surface area is 278 Å². The van der Waals surface area contributed by atoms with E-state index in [0.29, 0.717) is 11.5 Å². The maximum Gasteiger partial charge on any atom is 0.236 e. The molecule has 5 heteroatoms. The van der Waals surface area contributed by atoms with Gasteiger partial charge in [0.05, 0.1) is 22.1 Å². The number of aromatic nitrogens is 4. The van der Waals surface area contributed by atoms with Gasteiger partial charge in [-0.15, -0.1) is 0 Å². The normalized spacial score (nSPS) is 12.5. The van der Waals surface area contributed by atoms with E-state index < -0.39 is 0 Å². The SMILES string of the molecule is c1ccc(-c2nc(-n3c4cccc5c4c4c6c7c8c-5cccc8ccc7n(-c5ccccc5)c6ccc43)nc3c2oc2ccccc23)cc1. The second kappa shape index (κ2) is 9.00. The minimum absolute atomic E-state index is 0.625. The number of fused-ring (bicyclic) bond motifs is 4. The Hall–Kier alpha value is -6.72. The molecular formula is C44H24N4O. The van der Waals surface area contributed by atoms with Crippen LogP contribution in [0.5, 0.6) is 0 Å². The molecule has 12 rings (SSSR count). The Bertz CT molecular complexity index is 3200. The van der Waals surface area contributed by atoms with E-state index in [9.17, 15) is 0 Å². The summed E-state index contributed by atoms with van der Waals surface area (Å²) in [6.45, 7) is 0. The fourth-order valence-corrected chi connectivity index (χ4v) is 8.51. The van der Waals surface area contributed by atoms with Crippen LogP contribution in [0.25, 0.3) is 110 Å². The molecule has 0 radical (unpaired) electrons. The van der Waals surface area contributed by atoms with Gasteiger partial charge in [0.2, 0.25) is 5.95 Å². The minimum atomic E-state index is 0.625. The molecule has 0 spiro atoms. The van der Waals surface area contributed by atoms with Crippen molar-refractivity contribution in [1.29, 1.82) is 0 Å². The van der Waals surface area contributed by atoms with Crippen molar-refractivity contribution < 1.29 is 4.42 Å². The van der Waals surface area contributed by atoms with Crippen LogP contribution in [-0.2, 0) is 0 Å². The monoisotopic (exact) mass is 624 g/mol. The Morgan fingerprint density at radius 1 is 0.449 bits per heavy atom. The largest absolute Gasteiger partial charge is 0.452 e. The molecule has 0 aliphatic heterocycles. The van der Waals surface area contributed by atoms with Crippen molar-refractivity contribution in [2.75, 3.05) is 0 Å². The summed E-state index contributed by atoms with van der Waals surface area (Å²) in [5.41, 5.74) is 12.3. The second-order valence-corrected chi connectivity index (χ2v) is 12.9. The lowest BCUT2D eigenvalue weighted by molar-refractivity contribution is 0.666. The molecule has 1 aliphatic carbocycles. The van der Waals surface area contributed by atoms with Gasteiger partial charge < -0.3 is 8.98 Å². The number of nitrogens with zero attached hydrogens (tertiary/aromatic N) is 4. The van der Waals surface area contributed by atoms with Gasteiger partial charge in [0, 0.05) is 38.2 Å². The highest BCUT2D eigenvalue weighted by Crippen LogP contribution is 2.51. The van der Waals surface area contributed by atoms with E-state index in [1.165, 1.54) is 54.5 Å². The maximum absolute atomic E-state index is 6.46. The van der Waals surface area contributed by atoms with Crippen molar-refractivity contribution in [3.8, 4) is 34.0 Å². The summed E-state index contributed by atoms with van der Waals surface area (Å²) in [5.74, 6) is 0.625. The number of hydrogen-bond acceptors (Lipinski definition) is 3.